The lowest BCUT2D eigenvalue weighted by Crippen LogP contribution is -2.12. The van der Waals surface area contributed by atoms with E-state index in [2.05, 4.69) is 20.6 Å². The number of rotatable bonds is 7. The van der Waals surface area contributed by atoms with Gasteiger partial charge in [0.2, 0.25) is 11.6 Å². The Labute approximate surface area is 125 Å². The van der Waals surface area contributed by atoms with E-state index in [9.17, 15) is 14.5 Å². The molecule has 0 saturated carbocycles. The highest BCUT2D eigenvalue weighted by molar-refractivity contribution is 5.73. The molecule has 9 heteroatoms. The van der Waals surface area contributed by atoms with Gasteiger partial charge in [-0.15, -0.1) is 0 Å². The van der Waals surface area contributed by atoms with Crippen LogP contribution in [0.3, 0.4) is 0 Å². The summed E-state index contributed by atoms with van der Waals surface area (Å²) in [7, 11) is 1.53. The Kier molecular flexibility index (Phi) is 5.15. The number of halogens is 1. The maximum absolute atomic E-state index is 12.9. The van der Waals surface area contributed by atoms with Crippen molar-refractivity contribution in [2.45, 2.75) is 0 Å². The zero-order valence-electron chi connectivity index (χ0n) is 11.7. The van der Waals surface area contributed by atoms with Crippen molar-refractivity contribution in [3.8, 4) is 0 Å². The van der Waals surface area contributed by atoms with Crippen LogP contribution in [0.4, 0.5) is 27.4 Å². The van der Waals surface area contributed by atoms with Crippen LogP contribution in [0.5, 0.6) is 0 Å². The SMILES string of the molecule is COCCNc1ncnc(Nc2ccc(F)cc2)c1[N+](=O)[O-]. The van der Waals surface area contributed by atoms with Crippen molar-refractivity contribution < 1.29 is 14.1 Å². The highest BCUT2D eigenvalue weighted by Gasteiger charge is 2.22. The van der Waals surface area contributed by atoms with E-state index in [-0.39, 0.29) is 17.3 Å². The quantitative estimate of drug-likeness (QED) is 0.459. The van der Waals surface area contributed by atoms with Crippen molar-refractivity contribution in [2.24, 2.45) is 0 Å². The molecular formula is C13H14FN5O3. The van der Waals surface area contributed by atoms with Gasteiger partial charge in [0.15, 0.2) is 0 Å². The summed E-state index contributed by atoms with van der Waals surface area (Å²) in [5.74, 6) is -0.294. The number of aromatic nitrogens is 2. The van der Waals surface area contributed by atoms with E-state index in [0.717, 1.165) is 0 Å². The van der Waals surface area contributed by atoms with Crippen molar-refractivity contribution in [1.29, 1.82) is 0 Å². The molecule has 0 aliphatic rings. The van der Waals surface area contributed by atoms with Gasteiger partial charge in [0.25, 0.3) is 0 Å². The van der Waals surface area contributed by atoms with E-state index in [1.165, 1.54) is 37.7 Å². The Morgan fingerprint density at radius 1 is 1.27 bits per heavy atom. The van der Waals surface area contributed by atoms with Crippen LogP contribution in [0.2, 0.25) is 0 Å². The van der Waals surface area contributed by atoms with Crippen LogP contribution in [0, 0.1) is 15.9 Å². The van der Waals surface area contributed by atoms with E-state index in [1.807, 2.05) is 0 Å². The van der Waals surface area contributed by atoms with E-state index in [4.69, 9.17) is 4.74 Å². The molecule has 0 unspecified atom stereocenters. The van der Waals surface area contributed by atoms with Gasteiger partial charge < -0.3 is 15.4 Å². The summed E-state index contributed by atoms with van der Waals surface area (Å²) in [4.78, 5) is 18.4. The molecule has 0 fully saturated rings. The fourth-order valence-electron chi connectivity index (χ4n) is 1.71. The molecule has 2 aromatic rings. The van der Waals surface area contributed by atoms with Crippen LogP contribution in [0.1, 0.15) is 0 Å². The maximum atomic E-state index is 12.9. The predicted molar refractivity (Wildman–Crippen MR) is 78.7 cm³/mol. The summed E-state index contributed by atoms with van der Waals surface area (Å²) in [6.45, 7) is 0.742. The lowest BCUT2D eigenvalue weighted by atomic mass is 10.3. The topological polar surface area (TPSA) is 102 Å². The molecule has 1 aromatic carbocycles. The van der Waals surface area contributed by atoms with Crippen LogP contribution < -0.4 is 10.6 Å². The average molecular weight is 307 g/mol. The Bertz CT molecular complexity index is 651. The van der Waals surface area contributed by atoms with Crippen LogP contribution in [-0.4, -0.2) is 35.2 Å². The molecule has 2 N–H and O–H groups in total. The number of methoxy groups -OCH3 is 1. The molecular weight excluding hydrogens is 293 g/mol. The number of hydrogen-bond acceptors (Lipinski definition) is 7. The van der Waals surface area contributed by atoms with Crippen molar-refractivity contribution >= 4 is 23.0 Å². The van der Waals surface area contributed by atoms with E-state index >= 15 is 0 Å². The maximum Gasteiger partial charge on any atom is 0.353 e. The zero-order valence-corrected chi connectivity index (χ0v) is 11.7. The molecule has 1 aromatic heterocycles. The normalized spacial score (nSPS) is 10.3. The van der Waals surface area contributed by atoms with Gasteiger partial charge in [0.1, 0.15) is 12.1 Å². The highest BCUT2D eigenvalue weighted by Crippen LogP contribution is 2.30. The summed E-state index contributed by atoms with van der Waals surface area (Å²) in [6, 6.07) is 5.40. The smallest absolute Gasteiger partial charge is 0.353 e. The fraction of sp³-hybridized carbons (Fsp3) is 0.231. The van der Waals surface area contributed by atoms with Gasteiger partial charge in [0, 0.05) is 19.3 Å². The Balaban J connectivity index is 2.27. The summed E-state index contributed by atoms with van der Waals surface area (Å²) >= 11 is 0. The monoisotopic (exact) mass is 307 g/mol. The van der Waals surface area contributed by atoms with Gasteiger partial charge in [-0.25, -0.2) is 14.4 Å². The van der Waals surface area contributed by atoms with Gasteiger partial charge in [0.05, 0.1) is 11.5 Å². The Hall–Kier alpha value is -2.81. The van der Waals surface area contributed by atoms with Crippen molar-refractivity contribution in [3.63, 3.8) is 0 Å². The molecule has 0 radical (unpaired) electrons. The van der Waals surface area contributed by atoms with Crippen molar-refractivity contribution in [3.05, 3.63) is 46.5 Å². The summed E-state index contributed by atoms with van der Waals surface area (Å²) in [5.41, 5.74) is 0.189. The number of benzene rings is 1. The summed E-state index contributed by atoms with van der Waals surface area (Å²) < 4.78 is 17.8. The first-order valence-corrected chi connectivity index (χ1v) is 6.36. The largest absolute Gasteiger partial charge is 0.383 e. The van der Waals surface area contributed by atoms with Gasteiger partial charge in [-0.1, -0.05) is 0 Å². The molecule has 0 atom stereocenters. The third-order valence-corrected chi connectivity index (χ3v) is 2.71. The molecule has 0 amide bonds. The van der Waals surface area contributed by atoms with Crippen LogP contribution in [0.15, 0.2) is 30.6 Å². The van der Waals surface area contributed by atoms with Gasteiger partial charge in [-0.05, 0) is 24.3 Å². The number of ether oxygens (including phenoxy) is 1. The third kappa shape index (κ3) is 3.85. The Morgan fingerprint density at radius 3 is 2.59 bits per heavy atom. The lowest BCUT2D eigenvalue weighted by molar-refractivity contribution is -0.383. The molecule has 2 rings (SSSR count). The number of nitrogens with one attached hydrogen (secondary N) is 2. The standard InChI is InChI=1S/C13H14FN5O3/c1-22-7-6-15-12-11(19(20)21)13(17-8-16-12)18-10-4-2-9(14)3-5-10/h2-5,8H,6-7H2,1H3,(H2,15,16,17,18). The second kappa shape index (κ2) is 7.27. The second-order valence-corrected chi connectivity index (χ2v) is 4.23. The predicted octanol–water partition coefficient (Wildman–Crippen LogP) is 2.33. The van der Waals surface area contributed by atoms with Gasteiger partial charge in [-0.2, -0.15) is 0 Å². The van der Waals surface area contributed by atoms with Crippen molar-refractivity contribution in [2.75, 3.05) is 30.9 Å². The molecule has 8 nitrogen and oxygen atoms in total. The Morgan fingerprint density at radius 2 is 1.95 bits per heavy atom. The fourth-order valence-corrected chi connectivity index (χ4v) is 1.71. The van der Waals surface area contributed by atoms with Crippen LogP contribution >= 0.6 is 0 Å². The van der Waals surface area contributed by atoms with Crippen LogP contribution in [0.25, 0.3) is 0 Å². The molecule has 0 aliphatic carbocycles. The number of hydrogen-bond donors (Lipinski definition) is 2. The average Bonchev–Trinajstić information content (AvgIpc) is 2.50. The van der Waals surface area contributed by atoms with E-state index in [1.54, 1.807) is 0 Å². The van der Waals surface area contributed by atoms with Gasteiger partial charge in [-0.3, -0.25) is 10.1 Å². The minimum Gasteiger partial charge on any atom is -0.383 e. The molecule has 0 spiro atoms. The summed E-state index contributed by atoms with van der Waals surface area (Å²) in [6.07, 6.45) is 1.20. The van der Waals surface area contributed by atoms with E-state index < -0.39 is 10.7 Å². The first kappa shape index (κ1) is 15.6. The second-order valence-electron chi connectivity index (χ2n) is 4.23. The highest BCUT2D eigenvalue weighted by atomic mass is 19.1. The molecule has 0 bridgehead atoms. The number of anilines is 3. The van der Waals surface area contributed by atoms with Crippen molar-refractivity contribution in [1.82, 2.24) is 9.97 Å². The minimum atomic E-state index is -0.582. The molecule has 116 valence electrons. The number of nitrogens with zero attached hydrogens (tertiary/aromatic N) is 3. The molecule has 0 aliphatic heterocycles. The molecule has 0 saturated heterocycles. The molecule has 1 heterocycles. The zero-order chi connectivity index (χ0) is 15.9. The first-order chi connectivity index (χ1) is 10.6. The first-order valence-electron chi connectivity index (χ1n) is 6.36. The summed E-state index contributed by atoms with van der Waals surface area (Å²) in [5, 5.41) is 16.9. The van der Waals surface area contributed by atoms with Gasteiger partial charge >= 0.3 is 5.69 Å². The number of nitro groups is 1. The molecule has 22 heavy (non-hydrogen) atoms. The van der Waals surface area contributed by atoms with E-state index in [0.29, 0.717) is 18.8 Å². The minimum absolute atomic E-state index is 0.0199. The lowest BCUT2D eigenvalue weighted by Gasteiger charge is -2.09. The van der Waals surface area contributed by atoms with Crippen LogP contribution in [-0.2, 0) is 4.74 Å². The third-order valence-electron chi connectivity index (χ3n) is 2.71.